The van der Waals surface area contributed by atoms with Crippen LogP contribution in [0, 0.1) is 0 Å². The van der Waals surface area contributed by atoms with Gasteiger partial charge in [-0.1, -0.05) is 30.1 Å². The zero-order valence-electron chi connectivity index (χ0n) is 15.7. The molecule has 0 fully saturated rings. The van der Waals surface area contributed by atoms with E-state index in [0.717, 1.165) is 16.2 Å². The first-order valence-corrected chi connectivity index (χ1v) is 11.4. The Morgan fingerprint density at radius 3 is 2.58 bits per heavy atom. The maximum atomic E-state index is 12.6. The number of hydrogen-bond acceptors (Lipinski definition) is 6. The second kappa shape index (κ2) is 8.85. The molecule has 0 spiro atoms. The van der Waals surface area contributed by atoms with Crippen LogP contribution in [0.2, 0.25) is 10.2 Å². The molecule has 31 heavy (non-hydrogen) atoms. The van der Waals surface area contributed by atoms with Gasteiger partial charge in [-0.15, -0.1) is 11.8 Å². The largest absolute Gasteiger partial charge is 0.447 e. The van der Waals surface area contributed by atoms with Gasteiger partial charge < -0.3 is 0 Å². The summed E-state index contributed by atoms with van der Waals surface area (Å²) in [6, 6.07) is 6.64. The van der Waals surface area contributed by atoms with E-state index in [1.807, 2.05) is 13.0 Å². The van der Waals surface area contributed by atoms with E-state index in [2.05, 4.69) is 19.9 Å². The first-order valence-electron chi connectivity index (χ1n) is 8.79. The van der Waals surface area contributed by atoms with E-state index in [1.165, 1.54) is 12.4 Å². The Morgan fingerprint density at radius 2 is 1.87 bits per heavy atom. The number of halogens is 5. The Morgan fingerprint density at radius 1 is 1.06 bits per heavy atom. The van der Waals surface area contributed by atoms with Crippen LogP contribution in [-0.2, 0) is 0 Å². The van der Waals surface area contributed by atoms with Gasteiger partial charge >= 0.3 is 5.51 Å². The molecule has 12 heteroatoms. The molecular weight excluding hydrogens is 490 g/mol. The van der Waals surface area contributed by atoms with Crippen LogP contribution in [0.25, 0.3) is 28.3 Å². The molecular formula is C19H12Cl2F3N5S2. The number of imidazole rings is 1. The monoisotopic (exact) mass is 501 g/mol. The summed E-state index contributed by atoms with van der Waals surface area (Å²) in [5, 5.41) is 0.391. The zero-order valence-corrected chi connectivity index (χ0v) is 18.8. The lowest BCUT2D eigenvalue weighted by atomic mass is 10.1. The standard InChI is InChI=1S/C19H12Cl2F3N5S2/c1-2-30-14-5-10(12-4-3-11(20)18(21)28-12)7-25-17(14)13-8-29-9-26-16(6-15(29)27-13)31-19(22,23)24/h3-9H,2H2,1H3. The summed E-state index contributed by atoms with van der Waals surface area (Å²) in [5.74, 6) is 0.786. The molecule has 0 saturated heterocycles. The van der Waals surface area contributed by atoms with Crippen molar-refractivity contribution in [2.24, 2.45) is 0 Å². The molecule has 160 valence electrons. The van der Waals surface area contributed by atoms with Gasteiger partial charge in [0.15, 0.2) is 0 Å². The molecule has 4 aromatic heterocycles. The molecule has 0 aliphatic heterocycles. The van der Waals surface area contributed by atoms with E-state index >= 15 is 0 Å². The molecule has 0 radical (unpaired) electrons. The molecule has 5 nitrogen and oxygen atoms in total. The van der Waals surface area contributed by atoms with Crippen molar-refractivity contribution >= 4 is 52.4 Å². The van der Waals surface area contributed by atoms with Crippen LogP contribution in [0.1, 0.15) is 6.92 Å². The van der Waals surface area contributed by atoms with Crippen molar-refractivity contribution < 1.29 is 13.2 Å². The quantitative estimate of drug-likeness (QED) is 0.168. The summed E-state index contributed by atoms with van der Waals surface area (Å²) in [6.07, 6.45) is 4.64. The normalized spacial score (nSPS) is 11.9. The Kier molecular flexibility index (Phi) is 6.34. The smallest absolute Gasteiger partial charge is 0.290 e. The number of aromatic nitrogens is 5. The van der Waals surface area contributed by atoms with Crippen molar-refractivity contribution in [3.8, 4) is 22.6 Å². The minimum atomic E-state index is -4.41. The predicted molar refractivity (Wildman–Crippen MR) is 118 cm³/mol. The fraction of sp³-hybridized carbons (Fsp3) is 0.158. The first-order chi connectivity index (χ1) is 14.7. The maximum Gasteiger partial charge on any atom is 0.447 e. The van der Waals surface area contributed by atoms with Crippen molar-refractivity contribution in [3.05, 3.63) is 53.2 Å². The molecule has 0 N–H and O–H groups in total. The highest BCUT2D eigenvalue weighted by atomic mass is 35.5. The lowest BCUT2D eigenvalue weighted by Crippen LogP contribution is -2.00. The van der Waals surface area contributed by atoms with E-state index in [1.54, 1.807) is 40.7 Å². The molecule has 0 amide bonds. The van der Waals surface area contributed by atoms with Crippen molar-refractivity contribution in [2.75, 3.05) is 5.75 Å². The zero-order chi connectivity index (χ0) is 22.2. The summed E-state index contributed by atoms with van der Waals surface area (Å²) in [4.78, 5) is 18.0. The highest BCUT2D eigenvalue weighted by molar-refractivity contribution is 8.00. The molecule has 0 aliphatic rings. The molecule has 0 atom stereocenters. The topological polar surface area (TPSA) is 56.0 Å². The predicted octanol–water partition coefficient (Wildman–Crippen LogP) is 6.88. The van der Waals surface area contributed by atoms with Gasteiger partial charge in [0.2, 0.25) is 0 Å². The third kappa shape index (κ3) is 5.08. The number of pyridine rings is 2. The maximum absolute atomic E-state index is 12.6. The average Bonchev–Trinajstić information content (AvgIpc) is 3.12. The second-order valence-electron chi connectivity index (χ2n) is 6.14. The number of thioether (sulfide) groups is 2. The van der Waals surface area contributed by atoms with Crippen LogP contribution >= 0.6 is 46.7 Å². The lowest BCUT2D eigenvalue weighted by Gasteiger charge is -2.09. The molecule has 4 heterocycles. The molecule has 4 rings (SSSR count). The van der Waals surface area contributed by atoms with Crippen molar-refractivity contribution in [1.29, 1.82) is 0 Å². The summed E-state index contributed by atoms with van der Waals surface area (Å²) in [6.45, 7) is 2.01. The summed E-state index contributed by atoms with van der Waals surface area (Å²) in [5.41, 5.74) is -1.54. The van der Waals surface area contributed by atoms with Gasteiger partial charge in [-0.25, -0.2) is 15.0 Å². The molecule has 4 aromatic rings. The van der Waals surface area contributed by atoms with Gasteiger partial charge in [-0.05, 0) is 24.0 Å². The number of alkyl halides is 3. The number of hydrogen-bond donors (Lipinski definition) is 0. The fourth-order valence-electron chi connectivity index (χ4n) is 2.78. The molecule has 0 aliphatic carbocycles. The molecule has 0 unspecified atom stereocenters. The van der Waals surface area contributed by atoms with Crippen LogP contribution < -0.4 is 0 Å². The Balaban J connectivity index is 1.74. The van der Waals surface area contributed by atoms with Gasteiger partial charge in [0, 0.05) is 40.7 Å². The van der Waals surface area contributed by atoms with E-state index < -0.39 is 5.51 Å². The van der Waals surface area contributed by atoms with E-state index in [0.29, 0.717) is 27.8 Å². The van der Waals surface area contributed by atoms with Gasteiger partial charge in [-0.2, -0.15) is 13.2 Å². The van der Waals surface area contributed by atoms with Crippen LogP contribution in [0.4, 0.5) is 13.2 Å². The van der Waals surface area contributed by atoms with E-state index in [4.69, 9.17) is 23.2 Å². The van der Waals surface area contributed by atoms with Crippen LogP contribution in [-0.4, -0.2) is 35.6 Å². The molecule has 0 saturated carbocycles. The Labute approximate surface area is 193 Å². The summed E-state index contributed by atoms with van der Waals surface area (Å²) < 4.78 is 39.5. The minimum Gasteiger partial charge on any atom is -0.290 e. The van der Waals surface area contributed by atoms with Gasteiger partial charge in [0.1, 0.15) is 33.5 Å². The SMILES string of the molecule is CCSc1cc(-c2ccc(Cl)c(Cl)n2)cnc1-c1cn2cnc(SC(F)(F)F)cc2n1. The summed E-state index contributed by atoms with van der Waals surface area (Å²) >= 11 is 13.3. The van der Waals surface area contributed by atoms with E-state index in [9.17, 15) is 13.2 Å². The third-order valence-corrected chi connectivity index (χ3v) is 6.30. The van der Waals surface area contributed by atoms with Crippen LogP contribution in [0.15, 0.2) is 52.9 Å². The summed E-state index contributed by atoms with van der Waals surface area (Å²) in [7, 11) is 0. The van der Waals surface area contributed by atoms with E-state index in [-0.39, 0.29) is 21.9 Å². The average molecular weight is 502 g/mol. The Hall–Kier alpha value is -2.01. The Bertz CT molecular complexity index is 1260. The van der Waals surface area contributed by atoms with Crippen LogP contribution in [0.5, 0.6) is 0 Å². The van der Waals surface area contributed by atoms with Gasteiger partial charge in [0.05, 0.1) is 10.7 Å². The first kappa shape index (κ1) is 22.2. The highest BCUT2D eigenvalue weighted by Crippen LogP contribution is 2.37. The van der Waals surface area contributed by atoms with Crippen molar-refractivity contribution in [2.45, 2.75) is 22.4 Å². The minimum absolute atomic E-state index is 0.172. The molecule has 0 aromatic carbocycles. The van der Waals surface area contributed by atoms with Gasteiger partial charge in [-0.3, -0.25) is 9.38 Å². The number of rotatable bonds is 5. The third-order valence-electron chi connectivity index (χ3n) is 4.04. The second-order valence-corrected chi connectivity index (χ2v) is 9.30. The highest BCUT2D eigenvalue weighted by Gasteiger charge is 2.30. The molecule has 0 bridgehead atoms. The van der Waals surface area contributed by atoms with Crippen molar-refractivity contribution in [1.82, 2.24) is 24.3 Å². The number of fused-ring (bicyclic) bond motifs is 1. The van der Waals surface area contributed by atoms with Gasteiger partial charge in [0.25, 0.3) is 0 Å². The van der Waals surface area contributed by atoms with Crippen molar-refractivity contribution in [3.63, 3.8) is 0 Å². The number of nitrogens with zero attached hydrogens (tertiary/aromatic N) is 5. The van der Waals surface area contributed by atoms with Crippen LogP contribution in [0.3, 0.4) is 0 Å². The fourth-order valence-corrected chi connectivity index (χ4v) is 4.36. The lowest BCUT2D eigenvalue weighted by molar-refractivity contribution is -0.0329.